The molecule has 0 unspecified atom stereocenters. The fourth-order valence-electron chi connectivity index (χ4n) is 3.03. The van der Waals surface area contributed by atoms with Gasteiger partial charge in [0.2, 0.25) is 11.1 Å². The maximum atomic E-state index is 13.9. The van der Waals surface area contributed by atoms with E-state index in [0.29, 0.717) is 5.56 Å². The first-order valence-corrected chi connectivity index (χ1v) is 11.2. The molecule has 2 aromatic carbocycles. The lowest BCUT2D eigenvalue weighted by molar-refractivity contribution is -0.137. The number of ether oxygens (including phenoxy) is 2. The van der Waals surface area contributed by atoms with Gasteiger partial charge in [-0.2, -0.15) is 22.5 Å². The number of nitrogens with zero attached hydrogens (tertiary/aromatic N) is 3. The number of thiocarbonyl (C=S) groups is 1. The number of hydrogen-bond acceptors (Lipinski definition) is 7. The maximum absolute atomic E-state index is 13.9. The van der Waals surface area contributed by atoms with E-state index in [0.717, 1.165) is 35.0 Å². The van der Waals surface area contributed by atoms with Crippen LogP contribution in [0.25, 0.3) is 6.08 Å². The second-order valence-electron chi connectivity index (χ2n) is 6.87. The van der Waals surface area contributed by atoms with Gasteiger partial charge in [0.25, 0.3) is 11.8 Å². The smallest absolute Gasteiger partial charge is 0.416 e. The Hall–Kier alpha value is -3.22. The molecule has 0 atom stereocenters. The van der Waals surface area contributed by atoms with E-state index in [2.05, 4.69) is 9.97 Å². The third-order valence-corrected chi connectivity index (χ3v) is 6.08. The molecule has 2 heterocycles. The van der Waals surface area contributed by atoms with Crippen molar-refractivity contribution in [3.05, 3.63) is 75.8 Å². The molecule has 1 fully saturated rings. The van der Waals surface area contributed by atoms with Gasteiger partial charge in [-0.05, 0) is 53.6 Å². The van der Waals surface area contributed by atoms with Crippen molar-refractivity contribution >= 4 is 57.6 Å². The molecule has 0 bridgehead atoms. The average molecular weight is 542 g/mol. The minimum atomic E-state index is -4.56. The highest BCUT2D eigenvalue weighted by Gasteiger charge is 2.36. The van der Waals surface area contributed by atoms with Crippen molar-refractivity contribution < 1.29 is 31.8 Å². The Morgan fingerprint density at radius 1 is 1.17 bits per heavy atom. The second kappa shape index (κ2) is 9.80. The first kappa shape index (κ1) is 24.9. The molecule has 180 valence electrons. The van der Waals surface area contributed by atoms with Crippen LogP contribution in [0.4, 0.5) is 23.2 Å². The summed E-state index contributed by atoms with van der Waals surface area (Å²) in [7, 11) is 1.36. The number of methoxy groups -OCH3 is 1. The molecule has 3 aromatic rings. The van der Waals surface area contributed by atoms with Gasteiger partial charge < -0.3 is 9.47 Å². The highest BCUT2D eigenvalue weighted by Crippen LogP contribution is 2.39. The zero-order valence-electron chi connectivity index (χ0n) is 17.5. The van der Waals surface area contributed by atoms with Crippen LogP contribution in [0.2, 0.25) is 5.28 Å². The van der Waals surface area contributed by atoms with Crippen LogP contribution in [0.5, 0.6) is 17.4 Å². The second-order valence-corrected chi connectivity index (χ2v) is 8.88. The van der Waals surface area contributed by atoms with Crippen LogP contribution in [0.1, 0.15) is 11.1 Å². The van der Waals surface area contributed by atoms with Crippen molar-refractivity contribution in [2.24, 2.45) is 0 Å². The molecule has 13 heteroatoms. The number of alkyl halides is 3. The standard InChI is InChI=1S/C22H12ClF4N3O3S2/c1-32-16-7-11(5-6-15(16)33-18-14(24)10-28-20(23)29-18)8-17-19(31)30(21(34)35-17)13-4-2-3-12(9-13)22(25,26)27/h2-10H,1H3/b17-8+. The Labute approximate surface area is 210 Å². The Balaban J connectivity index is 1.61. The summed E-state index contributed by atoms with van der Waals surface area (Å²) in [5.41, 5.74) is -0.382. The summed E-state index contributed by atoms with van der Waals surface area (Å²) in [6.45, 7) is 0. The van der Waals surface area contributed by atoms with Crippen LogP contribution in [-0.4, -0.2) is 27.3 Å². The lowest BCUT2D eigenvalue weighted by Gasteiger charge is -2.16. The lowest BCUT2D eigenvalue weighted by atomic mass is 10.1. The third kappa shape index (κ3) is 5.39. The molecule has 0 spiro atoms. The minimum absolute atomic E-state index is 0.0117. The Bertz CT molecular complexity index is 1370. The predicted octanol–water partition coefficient (Wildman–Crippen LogP) is 6.49. The summed E-state index contributed by atoms with van der Waals surface area (Å²) in [6.07, 6.45) is -2.20. The van der Waals surface area contributed by atoms with E-state index >= 15 is 0 Å². The summed E-state index contributed by atoms with van der Waals surface area (Å²) >= 11 is 11.9. The molecule has 1 aliphatic heterocycles. The number of rotatable bonds is 5. The molecule has 0 aliphatic carbocycles. The topological polar surface area (TPSA) is 64.5 Å². The predicted molar refractivity (Wildman–Crippen MR) is 127 cm³/mol. The number of thioether (sulfide) groups is 1. The minimum Gasteiger partial charge on any atom is -0.493 e. The summed E-state index contributed by atoms with van der Waals surface area (Å²) in [4.78, 5) is 21.4. The monoisotopic (exact) mass is 541 g/mol. The number of carbonyl (C=O) groups excluding carboxylic acids is 1. The lowest BCUT2D eigenvalue weighted by Crippen LogP contribution is -2.27. The molecule has 35 heavy (non-hydrogen) atoms. The van der Waals surface area contributed by atoms with Gasteiger partial charge in [-0.3, -0.25) is 9.69 Å². The molecule has 1 saturated heterocycles. The average Bonchev–Trinajstić information content (AvgIpc) is 3.09. The molecule has 4 rings (SSSR count). The van der Waals surface area contributed by atoms with Gasteiger partial charge in [-0.15, -0.1) is 0 Å². The van der Waals surface area contributed by atoms with Gasteiger partial charge in [-0.1, -0.05) is 36.1 Å². The number of carbonyl (C=O) groups is 1. The Morgan fingerprint density at radius 3 is 2.66 bits per heavy atom. The van der Waals surface area contributed by atoms with Crippen LogP contribution >= 0.6 is 35.6 Å². The summed E-state index contributed by atoms with van der Waals surface area (Å²) < 4.78 is 64.0. The number of amides is 1. The Morgan fingerprint density at radius 2 is 1.94 bits per heavy atom. The molecule has 1 aromatic heterocycles. The van der Waals surface area contributed by atoms with Gasteiger partial charge >= 0.3 is 6.18 Å². The van der Waals surface area contributed by atoms with Crippen molar-refractivity contribution in [3.8, 4) is 17.4 Å². The zero-order chi connectivity index (χ0) is 25.3. The van der Waals surface area contributed by atoms with Crippen molar-refractivity contribution in [1.82, 2.24) is 9.97 Å². The summed E-state index contributed by atoms with van der Waals surface area (Å²) in [6, 6.07) is 8.90. The number of aromatic nitrogens is 2. The highest BCUT2D eigenvalue weighted by molar-refractivity contribution is 8.27. The number of hydrogen-bond donors (Lipinski definition) is 0. The van der Waals surface area contributed by atoms with E-state index in [-0.39, 0.29) is 31.7 Å². The van der Waals surface area contributed by atoms with Crippen LogP contribution < -0.4 is 14.4 Å². The van der Waals surface area contributed by atoms with Crippen LogP contribution in [-0.2, 0) is 11.0 Å². The molecule has 1 aliphatic rings. The SMILES string of the molecule is COc1cc(/C=C2/SC(=S)N(c3cccc(C(F)(F)F)c3)C2=O)ccc1Oc1nc(Cl)ncc1F. The van der Waals surface area contributed by atoms with Crippen molar-refractivity contribution in [2.45, 2.75) is 6.18 Å². The van der Waals surface area contributed by atoms with E-state index in [4.69, 9.17) is 33.3 Å². The quantitative estimate of drug-likeness (QED) is 0.158. The molecule has 6 nitrogen and oxygen atoms in total. The molecule has 0 N–H and O–H groups in total. The van der Waals surface area contributed by atoms with E-state index in [1.807, 2.05) is 0 Å². The van der Waals surface area contributed by atoms with Gasteiger partial charge in [0.15, 0.2) is 15.8 Å². The Kier molecular flexibility index (Phi) is 6.97. The molecular weight excluding hydrogens is 530 g/mol. The van der Waals surface area contributed by atoms with E-state index in [1.165, 1.54) is 37.5 Å². The largest absolute Gasteiger partial charge is 0.493 e. The summed E-state index contributed by atoms with van der Waals surface area (Å²) in [5.74, 6) is -1.50. The van der Waals surface area contributed by atoms with Crippen molar-refractivity contribution in [3.63, 3.8) is 0 Å². The van der Waals surface area contributed by atoms with Crippen LogP contribution in [0, 0.1) is 5.82 Å². The zero-order valence-corrected chi connectivity index (χ0v) is 19.9. The van der Waals surface area contributed by atoms with Crippen molar-refractivity contribution in [1.29, 1.82) is 0 Å². The van der Waals surface area contributed by atoms with Crippen LogP contribution in [0.3, 0.4) is 0 Å². The third-order valence-electron chi connectivity index (χ3n) is 4.60. The molecule has 0 radical (unpaired) electrons. The number of halogens is 5. The molecule has 1 amide bonds. The summed E-state index contributed by atoms with van der Waals surface area (Å²) in [5, 5.41) is -0.209. The maximum Gasteiger partial charge on any atom is 0.416 e. The normalized spacial score (nSPS) is 15.1. The van der Waals surface area contributed by atoms with E-state index < -0.39 is 29.3 Å². The first-order valence-electron chi connectivity index (χ1n) is 9.56. The van der Waals surface area contributed by atoms with Gasteiger partial charge in [0, 0.05) is 0 Å². The van der Waals surface area contributed by atoms with Gasteiger partial charge in [0.05, 0.1) is 29.5 Å². The van der Waals surface area contributed by atoms with Crippen LogP contribution in [0.15, 0.2) is 53.6 Å². The van der Waals surface area contributed by atoms with E-state index in [9.17, 15) is 22.4 Å². The molecular formula is C22H12ClF4N3O3S2. The fourth-order valence-corrected chi connectivity index (χ4v) is 4.45. The van der Waals surface area contributed by atoms with Gasteiger partial charge in [0.1, 0.15) is 0 Å². The first-order chi connectivity index (χ1) is 16.6. The highest BCUT2D eigenvalue weighted by atomic mass is 35.5. The number of anilines is 1. The number of benzene rings is 2. The van der Waals surface area contributed by atoms with Crippen molar-refractivity contribution in [2.75, 3.05) is 12.0 Å². The van der Waals surface area contributed by atoms with E-state index in [1.54, 1.807) is 6.07 Å². The fraction of sp³-hybridized carbons (Fsp3) is 0.0909. The molecule has 0 saturated carbocycles. The van der Waals surface area contributed by atoms with Gasteiger partial charge in [-0.25, -0.2) is 4.98 Å².